The fourth-order valence-electron chi connectivity index (χ4n) is 1.60. The average molecular weight is 284 g/mol. The highest BCUT2D eigenvalue weighted by Crippen LogP contribution is 2.10. The first-order valence-electron chi connectivity index (χ1n) is 6.76. The van der Waals surface area contributed by atoms with E-state index >= 15 is 0 Å². The van der Waals surface area contributed by atoms with Gasteiger partial charge in [-0.1, -0.05) is 38.7 Å². The number of rotatable bonds is 10. The summed E-state index contributed by atoms with van der Waals surface area (Å²) in [5.41, 5.74) is 0. The SMILES string of the molecule is C=CCNc1nc(Cl)nc(NCCCCCCC)n1. The van der Waals surface area contributed by atoms with Crippen molar-refractivity contribution in [3.05, 3.63) is 17.9 Å². The lowest BCUT2D eigenvalue weighted by atomic mass is 10.1. The standard InChI is InChI=1S/C13H22ClN5/c1-3-5-6-7-8-10-16-13-18-11(14)17-12(19-13)15-9-4-2/h4H,2-3,5-10H2,1H3,(H2,15,16,17,18,19). The van der Waals surface area contributed by atoms with Crippen molar-refractivity contribution >= 4 is 23.5 Å². The van der Waals surface area contributed by atoms with Crippen molar-refractivity contribution in [1.29, 1.82) is 0 Å². The molecule has 1 heterocycles. The molecular formula is C13H22ClN5. The van der Waals surface area contributed by atoms with E-state index in [1.807, 2.05) is 0 Å². The minimum absolute atomic E-state index is 0.190. The van der Waals surface area contributed by atoms with Crippen molar-refractivity contribution in [3.8, 4) is 0 Å². The molecule has 0 radical (unpaired) electrons. The first kappa shape index (κ1) is 15.7. The van der Waals surface area contributed by atoms with Crippen LogP contribution in [-0.2, 0) is 0 Å². The van der Waals surface area contributed by atoms with Crippen LogP contribution in [0.2, 0.25) is 5.28 Å². The van der Waals surface area contributed by atoms with Gasteiger partial charge in [0.2, 0.25) is 17.2 Å². The molecule has 2 N–H and O–H groups in total. The summed E-state index contributed by atoms with van der Waals surface area (Å²) in [4.78, 5) is 12.3. The van der Waals surface area contributed by atoms with Gasteiger partial charge in [-0.3, -0.25) is 0 Å². The number of hydrogen-bond donors (Lipinski definition) is 2. The largest absolute Gasteiger partial charge is 0.354 e. The molecule has 19 heavy (non-hydrogen) atoms. The summed E-state index contributed by atoms with van der Waals surface area (Å²) in [5.74, 6) is 0.982. The quantitative estimate of drug-likeness (QED) is 0.508. The van der Waals surface area contributed by atoms with E-state index in [4.69, 9.17) is 11.6 Å². The monoisotopic (exact) mass is 283 g/mol. The Labute approximate surface area is 119 Å². The Balaban J connectivity index is 2.35. The van der Waals surface area contributed by atoms with Gasteiger partial charge in [-0.2, -0.15) is 15.0 Å². The second-order valence-corrected chi connectivity index (χ2v) is 4.60. The fourth-order valence-corrected chi connectivity index (χ4v) is 1.76. The van der Waals surface area contributed by atoms with Gasteiger partial charge in [-0.15, -0.1) is 6.58 Å². The van der Waals surface area contributed by atoms with E-state index in [1.54, 1.807) is 6.08 Å². The maximum Gasteiger partial charge on any atom is 0.229 e. The number of halogens is 1. The molecule has 6 heteroatoms. The van der Waals surface area contributed by atoms with Crippen LogP contribution in [-0.4, -0.2) is 28.0 Å². The Bertz CT molecular complexity index is 383. The summed E-state index contributed by atoms with van der Waals surface area (Å²) in [7, 11) is 0. The van der Waals surface area contributed by atoms with E-state index in [0.717, 1.165) is 13.0 Å². The molecule has 0 spiro atoms. The molecule has 106 valence electrons. The Hall–Kier alpha value is -1.36. The lowest BCUT2D eigenvalue weighted by Crippen LogP contribution is -2.10. The summed E-state index contributed by atoms with van der Waals surface area (Å²) < 4.78 is 0. The molecule has 1 rings (SSSR count). The maximum absolute atomic E-state index is 5.84. The van der Waals surface area contributed by atoms with E-state index in [9.17, 15) is 0 Å². The number of nitrogens with zero attached hydrogens (tertiary/aromatic N) is 3. The van der Waals surface area contributed by atoms with Crippen LogP contribution in [0.3, 0.4) is 0 Å². The highest BCUT2D eigenvalue weighted by atomic mass is 35.5. The van der Waals surface area contributed by atoms with Crippen LogP contribution in [0.15, 0.2) is 12.7 Å². The molecule has 0 aromatic carbocycles. The van der Waals surface area contributed by atoms with E-state index < -0.39 is 0 Å². The molecule has 0 amide bonds. The van der Waals surface area contributed by atoms with Crippen molar-refractivity contribution in [2.45, 2.75) is 39.0 Å². The lowest BCUT2D eigenvalue weighted by molar-refractivity contribution is 0.644. The number of hydrogen-bond acceptors (Lipinski definition) is 5. The average Bonchev–Trinajstić information content (AvgIpc) is 2.40. The van der Waals surface area contributed by atoms with Crippen molar-refractivity contribution in [2.75, 3.05) is 23.7 Å². The van der Waals surface area contributed by atoms with Crippen molar-refractivity contribution < 1.29 is 0 Å². The van der Waals surface area contributed by atoms with Gasteiger partial charge in [-0.05, 0) is 18.0 Å². The molecule has 0 aliphatic carbocycles. The predicted molar refractivity (Wildman–Crippen MR) is 80.8 cm³/mol. The first-order chi connectivity index (χ1) is 9.26. The fraction of sp³-hybridized carbons (Fsp3) is 0.615. The molecule has 0 saturated heterocycles. The van der Waals surface area contributed by atoms with Crippen molar-refractivity contribution in [2.24, 2.45) is 0 Å². The Morgan fingerprint density at radius 1 is 1.05 bits per heavy atom. The molecule has 5 nitrogen and oxygen atoms in total. The van der Waals surface area contributed by atoms with Crippen LogP contribution in [0.4, 0.5) is 11.9 Å². The summed E-state index contributed by atoms with van der Waals surface area (Å²) in [6.07, 6.45) is 7.91. The normalized spacial score (nSPS) is 10.2. The first-order valence-corrected chi connectivity index (χ1v) is 7.14. The molecule has 0 atom stereocenters. The molecule has 0 saturated carbocycles. The number of anilines is 2. The van der Waals surface area contributed by atoms with Gasteiger partial charge >= 0.3 is 0 Å². The third-order valence-electron chi connectivity index (χ3n) is 2.58. The van der Waals surface area contributed by atoms with E-state index in [2.05, 4.69) is 39.1 Å². The molecule has 0 aliphatic heterocycles. The molecule has 0 unspecified atom stereocenters. The van der Waals surface area contributed by atoms with Gasteiger partial charge in [0, 0.05) is 13.1 Å². The van der Waals surface area contributed by atoms with Gasteiger partial charge in [0.25, 0.3) is 0 Å². The van der Waals surface area contributed by atoms with Gasteiger partial charge in [0.15, 0.2) is 0 Å². The van der Waals surface area contributed by atoms with Crippen molar-refractivity contribution in [3.63, 3.8) is 0 Å². The number of unbranched alkanes of at least 4 members (excludes halogenated alkanes) is 4. The van der Waals surface area contributed by atoms with Gasteiger partial charge in [0.1, 0.15) is 0 Å². The van der Waals surface area contributed by atoms with E-state index in [-0.39, 0.29) is 5.28 Å². The highest BCUT2D eigenvalue weighted by Gasteiger charge is 2.03. The third-order valence-corrected chi connectivity index (χ3v) is 2.75. The zero-order chi connectivity index (χ0) is 13.9. The van der Waals surface area contributed by atoms with Crippen LogP contribution >= 0.6 is 11.6 Å². The second-order valence-electron chi connectivity index (χ2n) is 4.26. The van der Waals surface area contributed by atoms with Crippen LogP contribution < -0.4 is 10.6 Å². The minimum Gasteiger partial charge on any atom is -0.354 e. The Kier molecular flexibility index (Phi) is 7.89. The van der Waals surface area contributed by atoms with Crippen LogP contribution in [0, 0.1) is 0 Å². The summed E-state index contributed by atoms with van der Waals surface area (Å²) in [6, 6.07) is 0. The molecule has 0 aliphatic rings. The number of nitrogens with one attached hydrogen (secondary N) is 2. The molecule has 1 aromatic rings. The summed E-state index contributed by atoms with van der Waals surface area (Å²) in [6.45, 7) is 7.28. The zero-order valence-corrected chi connectivity index (χ0v) is 12.2. The van der Waals surface area contributed by atoms with E-state index in [1.165, 1.54) is 25.7 Å². The van der Waals surface area contributed by atoms with Crippen molar-refractivity contribution in [1.82, 2.24) is 15.0 Å². The molecular weight excluding hydrogens is 262 g/mol. The van der Waals surface area contributed by atoms with Gasteiger partial charge in [-0.25, -0.2) is 0 Å². The van der Waals surface area contributed by atoms with Gasteiger partial charge in [0.05, 0.1) is 0 Å². The van der Waals surface area contributed by atoms with E-state index in [0.29, 0.717) is 18.4 Å². The summed E-state index contributed by atoms with van der Waals surface area (Å²) >= 11 is 5.84. The second kappa shape index (κ2) is 9.55. The minimum atomic E-state index is 0.190. The lowest BCUT2D eigenvalue weighted by Gasteiger charge is -2.07. The number of aromatic nitrogens is 3. The maximum atomic E-state index is 5.84. The van der Waals surface area contributed by atoms with Crippen LogP contribution in [0.1, 0.15) is 39.0 Å². The Morgan fingerprint density at radius 3 is 2.42 bits per heavy atom. The molecule has 0 fully saturated rings. The topological polar surface area (TPSA) is 62.7 Å². The van der Waals surface area contributed by atoms with Crippen LogP contribution in [0.5, 0.6) is 0 Å². The molecule has 0 bridgehead atoms. The zero-order valence-electron chi connectivity index (χ0n) is 11.5. The smallest absolute Gasteiger partial charge is 0.229 e. The Morgan fingerprint density at radius 2 is 1.74 bits per heavy atom. The molecule has 1 aromatic heterocycles. The van der Waals surface area contributed by atoms with Gasteiger partial charge < -0.3 is 10.6 Å². The van der Waals surface area contributed by atoms with Crippen LogP contribution in [0.25, 0.3) is 0 Å². The predicted octanol–water partition coefficient (Wildman–Crippen LogP) is 3.51. The third kappa shape index (κ3) is 6.96. The summed E-state index contributed by atoms with van der Waals surface area (Å²) in [5, 5.41) is 6.35. The highest BCUT2D eigenvalue weighted by molar-refractivity contribution is 6.28.